The van der Waals surface area contributed by atoms with Gasteiger partial charge in [-0.05, 0) is 30.7 Å². The Morgan fingerprint density at radius 3 is 2.85 bits per heavy atom. The lowest BCUT2D eigenvalue weighted by molar-refractivity contribution is 0.150. The monoisotopic (exact) mass is 371 g/mol. The summed E-state index contributed by atoms with van der Waals surface area (Å²) < 4.78 is 3.10. The SMILES string of the molecule is CC[C@H](O)Cn1c(=O)n(C)c2ccc(Nc3ccnc(Cl)c3C#N)cc21. The Bertz CT molecular complexity index is 1060. The fourth-order valence-electron chi connectivity index (χ4n) is 2.81. The van der Waals surface area contributed by atoms with Gasteiger partial charge in [-0.25, -0.2) is 9.78 Å². The average molecular weight is 372 g/mol. The highest BCUT2D eigenvalue weighted by molar-refractivity contribution is 6.31. The summed E-state index contributed by atoms with van der Waals surface area (Å²) in [6, 6.07) is 9.14. The lowest BCUT2D eigenvalue weighted by atomic mass is 10.2. The van der Waals surface area contributed by atoms with Gasteiger partial charge >= 0.3 is 5.69 Å². The number of aromatic nitrogens is 3. The van der Waals surface area contributed by atoms with Crippen molar-refractivity contribution >= 4 is 34.0 Å². The summed E-state index contributed by atoms with van der Waals surface area (Å²) in [6.07, 6.45) is 1.47. The number of aliphatic hydroxyl groups excluding tert-OH is 1. The van der Waals surface area contributed by atoms with Gasteiger partial charge in [-0.2, -0.15) is 5.26 Å². The van der Waals surface area contributed by atoms with Crippen LogP contribution in [-0.4, -0.2) is 25.3 Å². The second-order valence-electron chi connectivity index (χ2n) is 5.98. The number of hydrogen-bond donors (Lipinski definition) is 2. The molecule has 0 saturated carbocycles. The highest BCUT2D eigenvalue weighted by Crippen LogP contribution is 2.26. The largest absolute Gasteiger partial charge is 0.391 e. The minimum atomic E-state index is -0.598. The zero-order valence-electron chi connectivity index (χ0n) is 14.4. The summed E-state index contributed by atoms with van der Waals surface area (Å²) in [7, 11) is 1.70. The molecule has 0 fully saturated rings. The maximum atomic E-state index is 12.5. The number of nitrogens with one attached hydrogen (secondary N) is 1. The number of hydrogen-bond acceptors (Lipinski definition) is 5. The molecular weight excluding hydrogens is 354 g/mol. The van der Waals surface area contributed by atoms with E-state index >= 15 is 0 Å². The van der Waals surface area contributed by atoms with Gasteiger partial charge in [-0.1, -0.05) is 18.5 Å². The van der Waals surface area contributed by atoms with E-state index in [1.165, 1.54) is 6.20 Å². The highest BCUT2D eigenvalue weighted by atomic mass is 35.5. The van der Waals surface area contributed by atoms with E-state index < -0.39 is 6.10 Å². The Hall–Kier alpha value is -2.82. The van der Waals surface area contributed by atoms with Crippen molar-refractivity contribution in [1.29, 1.82) is 5.26 Å². The smallest absolute Gasteiger partial charge is 0.328 e. The number of imidazole rings is 1. The molecule has 2 N–H and O–H groups in total. The number of aliphatic hydroxyl groups is 1. The summed E-state index contributed by atoms with van der Waals surface area (Å²) in [5, 5.41) is 22.5. The van der Waals surface area contributed by atoms with Crippen molar-refractivity contribution in [3.05, 3.63) is 51.7 Å². The van der Waals surface area contributed by atoms with Crippen LogP contribution in [0.1, 0.15) is 18.9 Å². The predicted molar refractivity (Wildman–Crippen MR) is 101 cm³/mol. The van der Waals surface area contributed by atoms with Crippen molar-refractivity contribution in [3.63, 3.8) is 0 Å². The number of pyridine rings is 1. The number of fused-ring (bicyclic) bond motifs is 1. The van der Waals surface area contributed by atoms with Crippen LogP contribution >= 0.6 is 11.6 Å². The zero-order chi connectivity index (χ0) is 18.8. The van der Waals surface area contributed by atoms with Crippen LogP contribution in [0.5, 0.6) is 0 Å². The Kier molecular flexibility index (Phi) is 4.98. The van der Waals surface area contributed by atoms with Gasteiger partial charge in [0.2, 0.25) is 0 Å². The Morgan fingerprint density at radius 2 is 2.15 bits per heavy atom. The molecule has 26 heavy (non-hydrogen) atoms. The molecule has 8 heteroatoms. The van der Waals surface area contributed by atoms with Crippen LogP contribution in [0.15, 0.2) is 35.3 Å². The van der Waals surface area contributed by atoms with E-state index in [1.54, 1.807) is 22.2 Å². The first-order valence-electron chi connectivity index (χ1n) is 8.15. The van der Waals surface area contributed by atoms with E-state index in [9.17, 15) is 15.2 Å². The second-order valence-corrected chi connectivity index (χ2v) is 6.34. The number of nitriles is 1. The molecule has 0 aliphatic carbocycles. The van der Waals surface area contributed by atoms with Crippen molar-refractivity contribution < 1.29 is 5.11 Å². The maximum Gasteiger partial charge on any atom is 0.328 e. The number of anilines is 2. The van der Waals surface area contributed by atoms with Crippen molar-refractivity contribution in [3.8, 4) is 6.07 Å². The third kappa shape index (κ3) is 3.17. The lowest BCUT2D eigenvalue weighted by Gasteiger charge is -2.11. The summed E-state index contributed by atoms with van der Waals surface area (Å²) in [6.45, 7) is 2.09. The molecule has 0 unspecified atom stereocenters. The summed E-state index contributed by atoms with van der Waals surface area (Å²) in [5.41, 5.74) is 2.76. The van der Waals surface area contributed by atoms with E-state index in [-0.39, 0.29) is 23.0 Å². The molecular formula is C18H18ClN5O2. The fourth-order valence-corrected chi connectivity index (χ4v) is 3.01. The van der Waals surface area contributed by atoms with E-state index in [0.29, 0.717) is 23.3 Å². The number of rotatable bonds is 5. The average Bonchev–Trinajstić information content (AvgIpc) is 2.86. The molecule has 3 aromatic rings. The van der Waals surface area contributed by atoms with Crippen LogP contribution in [-0.2, 0) is 13.6 Å². The molecule has 0 aliphatic heterocycles. The maximum absolute atomic E-state index is 12.5. The lowest BCUT2D eigenvalue weighted by Crippen LogP contribution is -2.27. The first-order chi connectivity index (χ1) is 12.5. The molecule has 0 aliphatic rings. The van der Waals surface area contributed by atoms with Crippen molar-refractivity contribution in [1.82, 2.24) is 14.1 Å². The van der Waals surface area contributed by atoms with Crippen molar-refractivity contribution in [2.45, 2.75) is 26.0 Å². The Balaban J connectivity index is 2.07. The predicted octanol–water partition coefficient (Wildman–Crippen LogP) is 2.77. The summed E-state index contributed by atoms with van der Waals surface area (Å²) >= 11 is 5.96. The summed E-state index contributed by atoms with van der Waals surface area (Å²) in [4.78, 5) is 16.4. The van der Waals surface area contributed by atoms with Gasteiger partial charge in [0.25, 0.3) is 0 Å². The minimum absolute atomic E-state index is 0.126. The molecule has 3 rings (SSSR count). The van der Waals surface area contributed by atoms with E-state index in [1.807, 2.05) is 31.2 Å². The molecule has 0 amide bonds. The summed E-state index contributed by atoms with van der Waals surface area (Å²) in [5.74, 6) is 0. The van der Waals surface area contributed by atoms with E-state index in [4.69, 9.17) is 11.6 Å². The molecule has 0 spiro atoms. The molecule has 0 saturated heterocycles. The molecule has 134 valence electrons. The molecule has 0 bridgehead atoms. The van der Waals surface area contributed by atoms with Gasteiger partial charge in [-0.3, -0.25) is 9.13 Å². The van der Waals surface area contributed by atoms with Gasteiger partial charge < -0.3 is 10.4 Å². The van der Waals surface area contributed by atoms with Crippen molar-refractivity contribution in [2.75, 3.05) is 5.32 Å². The van der Waals surface area contributed by atoms with Crippen LogP contribution in [0.4, 0.5) is 11.4 Å². The fraction of sp³-hybridized carbons (Fsp3) is 0.278. The van der Waals surface area contributed by atoms with Gasteiger partial charge in [0, 0.05) is 18.9 Å². The third-order valence-corrected chi connectivity index (χ3v) is 4.59. The highest BCUT2D eigenvalue weighted by Gasteiger charge is 2.15. The van der Waals surface area contributed by atoms with Crippen LogP contribution in [0, 0.1) is 11.3 Å². The van der Waals surface area contributed by atoms with Gasteiger partial charge in [-0.15, -0.1) is 0 Å². The third-order valence-electron chi connectivity index (χ3n) is 4.31. The van der Waals surface area contributed by atoms with Crippen molar-refractivity contribution in [2.24, 2.45) is 7.05 Å². The zero-order valence-corrected chi connectivity index (χ0v) is 15.2. The molecule has 1 aromatic carbocycles. The van der Waals surface area contributed by atoms with Gasteiger partial charge in [0.1, 0.15) is 16.8 Å². The molecule has 0 radical (unpaired) electrons. The van der Waals surface area contributed by atoms with Crippen LogP contribution in [0.2, 0.25) is 5.15 Å². The standard InChI is InChI=1S/C18H18ClN5O2/c1-3-12(25)10-24-16-8-11(4-5-15(16)23(2)18(24)26)22-14-6-7-21-17(19)13(14)9-20/h4-8,12,25H,3,10H2,1-2H3,(H,21,22)/t12-/m0/s1. The molecule has 1 atom stereocenters. The molecule has 2 heterocycles. The van der Waals surface area contributed by atoms with Crippen LogP contribution in [0.25, 0.3) is 11.0 Å². The molecule has 2 aromatic heterocycles. The Morgan fingerprint density at radius 1 is 1.38 bits per heavy atom. The van der Waals surface area contributed by atoms with Crippen LogP contribution < -0.4 is 11.0 Å². The number of benzene rings is 1. The van der Waals surface area contributed by atoms with E-state index in [0.717, 1.165) is 5.52 Å². The number of nitrogens with zero attached hydrogens (tertiary/aromatic N) is 4. The minimum Gasteiger partial charge on any atom is -0.391 e. The second kappa shape index (κ2) is 7.20. The number of aryl methyl sites for hydroxylation is 1. The van der Waals surface area contributed by atoms with Gasteiger partial charge in [0.05, 0.1) is 29.4 Å². The first-order valence-corrected chi connectivity index (χ1v) is 8.53. The topological polar surface area (TPSA) is 95.9 Å². The first kappa shape index (κ1) is 18.0. The quantitative estimate of drug-likeness (QED) is 0.672. The normalized spacial score (nSPS) is 12.1. The Labute approximate surface area is 155 Å². The molecule has 7 nitrogen and oxygen atoms in total. The van der Waals surface area contributed by atoms with Gasteiger partial charge in [0.15, 0.2) is 0 Å². The van der Waals surface area contributed by atoms with Crippen LogP contribution in [0.3, 0.4) is 0 Å². The number of halogens is 1. The van der Waals surface area contributed by atoms with E-state index in [2.05, 4.69) is 10.3 Å².